The lowest BCUT2D eigenvalue weighted by Gasteiger charge is -2.04. The Morgan fingerprint density at radius 3 is 2.94 bits per heavy atom. The van der Waals surface area contributed by atoms with Gasteiger partial charge in [0.05, 0.1) is 10.7 Å². The smallest absolute Gasteiger partial charge is 0.102 e. The van der Waals surface area contributed by atoms with Gasteiger partial charge >= 0.3 is 0 Å². The highest BCUT2D eigenvalue weighted by molar-refractivity contribution is 14.1. The topological polar surface area (TPSA) is 30.7 Å². The molecule has 0 aliphatic heterocycles. The van der Waals surface area contributed by atoms with E-state index >= 15 is 0 Å². The second kappa shape index (κ2) is 4.51. The van der Waals surface area contributed by atoms with Crippen molar-refractivity contribution in [2.45, 2.75) is 0 Å². The van der Waals surface area contributed by atoms with Gasteiger partial charge in [0, 0.05) is 34.0 Å². The summed E-state index contributed by atoms with van der Waals surface area (Å²) >= 11 is 8.19. The molecule has 3 aromatic rings. The van der Waals surface area contributed by atoms with E-state index in [9.17, 15) is 0 Å². The van der Waals surface area contributed by atoms with Crippen LogP contribution in [-0.2, 0) is 7.05 Å². The van der Waals surface area contributed by atoms with Crippen LogP contribution in [0.15, 0.2) is 36.7 Å². The Morgan fingerprint density at radius 1 is 1.33 bits per heavy atom. The summed E-state index contributed by atoms with van der Waals surface area (Å²) < 4.78 is 2.84. The molecule has 0 atom stereocenters. The van der Waals surface area contributed by atoms with E-state index in [1.807, 2.05) is 36.1 Å². The van der Waals surface area contributed by atoms with E-state index in [1.165, 1.54) is 0 Å². The lowest BCUT2D eigenvalue weighted by molar-refractivity contribution is 0.780. The monoisotopic (exact) mass is 369 g/mol. The largest absolute Gasteiger partial charge is 0.275 e. The minimum Gasteiger partial charge on any atom is -0.275 e. The number of nitrogens with zero attached hydrogens (tertiary/aromatic N) is 3. The van der Waals surface area contributed by atoms with E-state index in [-0.39, 0.29) is 0 Å². The molecule has 0 bridgehead atoms. The van der Waals surface area contributed by atoms with Crippen LogP contribution >= 0.6 is 34.2 Å². The number of benzene rings is 1. The predicted molar refractivity (Wildman–Crippen MR) is 81.7 cm³/mol. The fourth-order valence-corrected chi connectivity index (χ4v) is 3.08. The van der Waals surface area contributed by atoms with Crippen LogP contribution in [0, 0.1) is 3.57 Å². The SMILES string of the molecule is Cn1cc2cccc(-c3ncc(Cl)cc3I)c2n1. The van der Waals surface area contributed by atoms with Crippen molar-refractivity contribution in [3.8, 4) is 11.3 Å². The maximum absolute atomic E-state index is 5.94. The maximum atomic E-state index is 5.94. The summed E-state index contributed by atoms with van der Waals surface area (Å²) in [7, 11) is 1.92. The third-order valence-corrected chi connectivity index (χ3v) is 3.74. The summed E-state index contributed by atoms with van der Waals surface area (Å²) in [4.78, 5) is 4.42. The number of halogens is 2. The number of rotatable bonds is 1. The first-order valence-corrected chi connectivity index (χ1v) is 6.84. The van der Waals surface area contributed by atoms with Gasteiger partial charge in [0.2, 0.25) is 0 Å². The minimum atomic E-state index is 0.649. The van der Waals surface area contributed by atoms with Gasteiger partial charge in [-0.2, -0.15) is 5.10 Å². The van der Waals surface area contributed by atoms with Crippen molar-refractivity contribution >= 4 is 45.1 Å². The van der Waals surface area contributed by atoms with Gasteiger partial charge in [-0.05, 0) is 28.7 Å². The maximum Gasteiger partial charge on any atom is 0.102 e. The highest BCUT2D eigenvalue weighted by atomic mass is 127. The molecule has 0 saturated carbocycles. The molecule has 0 fully saturated rings. The first-order chi connectivity index (χ1) is 8.65. The quantitative estimate of drug-likeness (QED) is 0.609. The molecule has 0 unspecified atom stereocenters. The Morgan fingerprint density at radius 2 is 2.17 bits per heavy atom. The van der Waals surface area contributed by atoms with Crippen LogP contribution < -0.4 is 0 Å². The second-order valence-electron chi connectivity index (χ2n) is 4.03. The standard InChI is InChI=1S/C13H9ClIN3/c1-18-7-8-3-2-4-10(12(8)17-18)13-11(15)5-9(14)6-16-13/h2-7H,1H3. The highest BCUT2D eigenvalue weighted by Gasteiger charge is 2.11. The molecule has 0 aliphatic rings. The van der Waals surface area contributed by atoms with Crippen LogP contribution in [0.1, 0.15) is 0 Å². The van der Waals surface area contributed by atoms with Gasteiger partial charge in [-0.3, -0.25) is 9.67 Å². The van der Waals surface area contributed by atoms with Crippen molar-refractivity contribution in [2.75, 3.05) is 0 Å². The van der Waals surface area contributed by atoms with Crippen molar-refractivity contribution in [2.24, 2.45) is 7.05 Å². The van der Waals surface area contributed by atoms with Gasteiger partial charge in [0.1, 0.15) is 5.52 Å². The molecule has 3 rings (SSSR count). The summed E-state index contributed by atoms with van der Waals surface area (Å²) in [6.45, 7) is 0. The molecule has 5 heteroatoms. The zero-order chi connectivity index (χ0) is 12.7. The molecule has 2 heterocycles. The third-order valence-electron chi connectivity index (χ3n) is 2.71. The van der Waals surface area contributed by atoms with E-state index in [1.54, 1.807) is 6.20 Å². The van der Waals surface area contributed by atoms with Crippen LogP contribution in [0.5, 0.6) is 0 Å². The summed E-state index contributed by atoms with van der Waals surface area (Å²) in [5.41, 5.74) is 2.92. The van der Waals surface area contributed by atoms with Gasteiger partial charge in [-0.1, -0.05) is 29.8 Å². The highest BCUT2D eigenvalue weighted by Crippen LogP contribution is 2.30. The number of hydrogen-bond donors (Lipinski definition) is 0. The van der Waals surface area contributed by atoms with Crippen molar-refractivity contribution in [3.05, 3.63) is 45.3 Å². The fourth-order valence-electron chi connectivity index (χ4n) is 1.97. The van der Waals surface area contributed by atoms with Crippen molar-refractivity contribution in [3.63, 3.8) is 0 Å². The van der Waals surface area contributed by atoms with E-state index in [0.29, 0.717) is 5.02 Å². The summed E-state index contributed by atoms with van der Waals surface area (Å²) in [5.74, 6) is 0. The first kappa shape index (κ1) is 11.9. The molecule has 0 spiro atoms. The molecule has 0 radical (unpaired) electrons. The molecule has 3 nitrogen and oxygen atoms in total. The van der Waals surface area contributed by atoms with Gasteiger partial charge in [0.15, 0.2) is 0 Å². The minimum absolute atomic E-state index is 0.649. The zero-order valence-electron chi connectivity index (χ0n) is 9.56. The van der Waals surface area contributed by atoms with Gasteiger partial charge < -0.3 is 0 Å². The van der Waals surface area contributed by atoms with Crippen LogP contribution in [0.3, 0.4) is 0 Å². The molecule has 0 aliphatic carbocycles. The Balaban J connectivity index is 2.31. The number of fused-ring (bicyclic) bond motifs is 1. The van der Waals surface area contributed by atoms with Crippen LogP contribution in [0.25, 0.3) is 22.2 Å². The third kappa shape index (κ3) is 1.99. The lowest BCUT2D eigenvalue weighted by atomic mass is 10.1. The molecule has 90 valence electrons. The summed E-state index contributed by atoms with van der Waals surface area (Å²) in [6, 6.07) is 8.01. The van der Waals surface area contributed by atoms with Crippen LogP contribution in [0.4, 0.5) is 0 Å². The number of pyridine rings is 1. The molecular formula is C13H9ClIN3. The van der Waals surface area contributed by atoms with E-state index in [4.69, 9.17) is 11.6 Å². The van der Waals surface area contributed by atoms with Crippen molar-refractivity contribution in [1.29, 1.82) is 0 Å². The molecular weight excluding hydrogens is 361 g/mol. The van der Waals surface area contributed by atoms with Crippen LogP contribution in [0.2, 0.25) is 5.02 Å². The molecule has 18 heavy (non-hydrogen) atoms. The number of aromatic nitrogens is 3. The Labute approximate surface area is 123 Å². The van der Waals surface area contributed by atoms with Gasteiger partial charge in [0.25, 0.3) is 0 Å². The summed E-state index contributed by atoms with van der Waals surface area (Å²) in [5, 5.41) is 6.26. The van der Waals surface area contributed by atoms with Crippen molar-refractivity contribution < 1.29 is 0 Å². The average molecular weight is 370 g/mol. The molecule has 1 aromatic carbocycles. The fraction of sp³-hybridized carbons (Fsp3) is 0.0769. The number of hydrogen-bond acceptors (Lipinski definition) is 2. The average Bonchev–Trinajstić information content (AvgIpc) is 2.69. The van der Waals surface area contributed by atoms with E-state index < -0.39 is 0 Å². The first-order valence-electron chi connectivity index (χ1n) is 5.39. The van der Waals surface area contributed by atoms with E-state index in [2.05, 4.69) is 38.7 Å². The predicted octanol–water partition coefficient (Wildman–Crippen LogP) is 3.89. The Kier molecular flexibility index (Phi) is 2.99. The summed E-state index contributed by atoms with van der Waals surface area (Å²) in [6.07, 6.45) is 3.67. The van der Waals surface area contributed by atoms with E-state index in [0.717, 1.165) is 25.7 Å². The molecule has 2 aromatic heterocycles. The second-order valence-corrected chi connectivity index (χ2v) is 5.63. The Hall–Kier alpha value is -1.14. The van der Waals surface area contributed by atoms with Crippen LogP contribution in [-0.4, -0.2) is 14.8 Å². The zero-order valence-corrected chi connectivity index (χ0v) is 12.5. The molecule has 0 amide bonds. The number of aryl methyl sites for hydroxylation is 1. The van der Waals surface area contributed by atoms with Crippen molar-refractivity contribution in [1.82, 2.24) is 14.8 Å². The molecule has 0 saturated heterocycles. The normalized spacial score (nSPS) is 11.1. The van der Waals surface area contributed by atoms with Gasteiger partial charge in [-0.15, -0.1) is 0 Å². The Bertz CT molecular complexity index is 736. The lowest BCUT2D eigenvalue weighted by Crippen LogP contribution is -1.90. The van der Waals surface area contributed by atoms with Gasteiger partial charge in [-0.25, -0.2) is 0 Å². The molecule has 0 N–H and O–H groups in total.